The number of carbonyl (C=O) groups is 4. The highest BCUT2D eigenvalue weighted by Gasteiger charge is 2.43. The van der Waals surface area contributed by atoms with Crippen molar-refractivity contribution in [3.8, 4) is 46.0 Å². The average molecular weight is 1350 g/mol. The summed E-state index contributed by atoms with van der Waals surface area (Å²) in [5.74, 6) is -21.8. The quantitative estimate of drug-likeness (QED) is 0.0926. The number of piperidine rings is 4. The van der Waals surface area contributed by atoms with Gasteiger partial charge in [-0.2, -0.15) is 0 Å². The van der Waals surface area contributed by atoms with Crippen LogP contribution >= 0.6 is 0 Å². The molecule has 4 aromatic rings. The molecule has 16 nitrogen and oxygen atoms in total. The second kappa shape index (κ2) is 32.7. The number of aryl methyl sites for hydroxylation is 1. The Morgan fingerprint density at radius 1 is 0.511 bits per heavy atom. The maximum Gasteiger partial charge on any atom is 0.161 e. The normalized spacial score (nSPS) is 39.1. The van der Waals surface area contributed by atoms with Gasteiger partial charge in [0.2, 0.25) is 0 Å². The molecular formula is C78H112N4O12. The molecule has 8 aliphatic heterocycles. The Morgan fingerprint density at radius 2 is 0.957 bits per heavy atom. The van der Waals surface area contributed by atoms with Gasteiger partial charge in [0.25, 0.3) is 0 Å². The fraction of sp³-hybridized carbons (Fsp3) is 0.641. The number of nitrogens with zero attached hydrogens (tertiary/aromatic N) is 4. The minimum absolute atomic E-state index is 0.00233. The van der Waals surface area contributed by atoms with Crippen LogP contribution in [-0.4, -0.2) is 152 Å². The van der Waals surface area contributed by atoms with Gasteiger partial charge in [-0.1, -0.05) is 68.0 Å². The van der Waals surface area contributed by atoms with E-state index in [9.17, 15) is 20.5 Å². The molecule has 4 saturated heterocycles. The summed E-state index contributed by atoms with van der Waals surface area (Å²) in [7, 11) is -7.02. The van der Waals surface area contributed by atoms with E-state index in [0.717, 1.165) is 20.5 Å². The highest BCUT2D eigenvalue weighted by atomic mass is 16.5. The maximum atomic E-state index is 14.1. The van der Waals surface area contributed by atoms with E-state index in [1.807, 2.05) is 13.8 Å². The largest absolute Gasteiger partial charge is 0.493 e. The Kier molecular flexibility index (Phi) is 11.3. The van der Waals surface area contributed by atoms with Crippen molar-refractivity contribution in [3.63, 3.8) is 0 Å². The first-order valence-corrected chi connectivity index (χ1v) is 30.6. The molecule has 0 amide bonds. The van der Waals surface area contributed by atoms with Crippen LogP contribution < -0.4 is 37.9 Å². The van der Waals surface area contributed by atoms with Crippen molar-refractivity contribution in [2.45, 2.75) is 169 Å². The van der Waals surface area contributed by atoms with E-state index in [-0.39, 0.29) is 151 Å². The predicted molar refractivity (Wildman–Crippen MR) is 370 cm³/mol. The third-order valence-corrected chi connectivity index (χ3v) is 17.0. The van der Waals surface area contributed by atoms with Gasteiger partial charge >= 0.3 is 0 Å². The number of rotatable bonds is 18. The van der Waals surface area contributed by atoms with E-state index >= 15 is 0 Å². The molecule has 16 heteroatoms. The van der Waals surface area contributed by atoms with Crippen LogP contribution in [0.15, 0.2) is 48.4 Å². The van der Waals surface area contributed by atoms with Gasteiger partial charge in [0.1, 0.15) is 23.1 Å². The molecule has 0 bridgehead atoms. The average Bonchev–Trinajstić information content (AvgIpc) is 0.636. The molecule has 0 aromatic heterocycles. The highest BCUT2D eigenvalue weighted by molar-refractivity contribution is 5.85. The van der Waals surface area contributed by atoms with Crippen molar-refractivity contribution in [1.29, 1.82) is 0 Å². The van der Waals surface area contributed by atoms with Gasteiger partial charge in [-0.3, -0.25) is 38.8 Å². The predicted octanol–water partition coefficient (Wildman–Crippen LogP) is 13.7. The second-order valence-corrected chi connectivity index (χ2v) is 23.9. The van der Waals surface area contributed by atoms with Crippen LogP contribution in [0.1, 0.15) is 252 Å². The third-order valence-electron chi connectivity index (χ3n) is 17.0. The molecule has 94 heavy (non-hydrogen) atoms. The lowest BCUT2D eigenvalue weighted by molar-refractivity contribution is -0.130. The van der Waals surface area contributed by atoms with Gasteiger partial charge < -0.3 is 37.9 Å². The summed E-state index contributed by atoms with van der Waals surface area (Å²) in [5.41, 5.74) is 0.0684. The fourth-order valence-electron chi connectivity index (χ4n) is 12.5. The Morgan fingerprint density at radius 3 is 1.45 bits per heavy atom. The van der Waals surface area contributed by atoms with E-state index in [4.69, 9.17) is 101 Å². The smallest absolute Gasteiger partial charge is 0.161 e. The molecule has 4 fully saturated rings. The van der Waals surface area contributed by atoms with Gasteiger partial charge in [0, 0.05) is 164 Å². The molecule has 0 saturated carbocycles. The van der Waals surface area contributed by atoms with E-state index in [1.54, 1.807) is 9.80 Å². The maximum absolute atomic E-state index is 14.1. The van der Waals surface area contributed by atoms with Crippen molar-refractivity contribution < 1.29 is 121 Å². The first-order chi connectivity index (χ1) is 63.3. The number of fused-ring (bicyclic) bond motifs is 12. The number of carbonyl (C=O) groups excluding carboxylic acids is 4. The van der Waals surface area contributed by atoms with Crippen LogP contribution in [0.3, 0.4) is 0 Å². The zero-order valence-electron chi connectivity index (χ0n) is 101. The third kappa shape index (κ3) is 16.4. The fourth-order valence-corrected chi connectivity index (χ4v) is 12.5. The minimum Gasteiger partial charge on any atom is -0.493 e. The molecule has 12 rings (SSSR count). The molecule has 10 atom stereocenters. The number of ether oxygens (including phenoxy) is 8. The number of Topliss-reactive ketones (excluding diaryl/α,β-unsaturated/α-hetero) is 4. The summed E-state index contributed by atoms with van der Waals surface area (Å²) in [6.07, 6.45) is -22.3. The van der Waals surface area contributed by atoms with Gasteiger partial charge in [-0.25, -0.2) is 0 Å². The molecule has 0 N–H and O–H groups in total. The van der Waals surface area contributed by atoms with Crippen LogP contribution in [0.5, 0.6) is 46.0 Å². The summed E-state index contributed by atoms with van der Waals surface area (Å²) in [6.45, 7) is -5.27. The van der Waals surface area contributed by atoms with Crippen molar-refractivity contribution >= 4 is 23.1 Å². The molecule has 516 valence electrons. The topological polar surface area (TPSA) is 155 Å². The summed E-state index contributed by atoms with van der Waals surface area (Å²) in [6, 6.07) is -6.07. The summed E-state index contributed by atoms with van der Waals surface area (Å²) in [5, 5.41) is 0. The molecule has 0 aliphatic carbocycles. The van der Waals surface area contributed by atoms with Crippen LogP contribution in [0, 0.1) is 47.2 Å². The van der Waals surface area contributed by atoms with Crippen LogP contribution in [0.25, 0.3) is 0 Å². The van der Waals surface area contributed by atoms with E-state index in [2.05, 4.69) is 18.7 Å². The van der Waals surface area contributed by atoms with E-state index in [1.165, 1.54) is 21.3 Å². The summed E-state index contributed by atoms with van der Waals surface area (Å²) in [4.78, 5) is 58.2. The minimum atomic E-state index is -4.57. The number of ketones is 4. The highest BCUT2D eigenvalue weighted by Crippen LogP contribution is 2.48. The number of hydrogen-bond donors (Lipinski definition) is 0. The monoisotopic (exact) mass is 1340 g/mol. The molecule has 0 radical (unpaired) electrons. The Balaban J connectivity index is 0.000000213. The van der Waals surface area contributed by atoms with Crippen molar-refractivity contribution in [2.24, 2.45) is 47.2 Å². The first-order valence-electron chi connectivity index (χ1n) is 54.1. The van der Waals surface area contributed by atoms with Crippen molar-refractivity contribution in [1.82, 2.24) is 19.6 Å². The van der Waals surface area contributed by atoms with Gasteiger partial charge in [0.05, 0.1) is 82.6 Å². The molecule has 4 aromatic carbocycles. The van der Waals surface area contributed by atoms with Crippen LogP contribution in [-0.2, 0) is 44.8 Å². The second-order valence-electron chi connectivity index (χ2n) is 23.9. The molecule has 0 spiro atoms. The Bertz CT molecular complexity index is 5420. The number of benzene rings is 4. The first kappa shape index (κ1) is 32.4. The SMILES string of the molecule is [2H]C([2H])([2H])Oc1cc2c(cc1OC)C1([2H])N(C([2H])([2H])C2([2H])[2H])C([2H])([2H])C([2H])(C([2H])([2H])C([2H])(C([2H])([2H])[2H])C([2H])([2H])C)C(=O)C1([2H])[2H].[2H]c1c2c(c([2H])c(OC)c1OC([2H])([2H])[2H])C1CC(=O)C(C([2H])([2H])C([2H])(C([2H])([2H])[2H])C([2H])([2H])C)CN1CC2.[2H]c1c2c(c([2H])c(OC)c1OC([2H])([2H])[2H])C1CC(=O)C(CC(C)C)CN1CC2.[2H]c1c2c(c([2H])c(OC)c1OC([2H])([2H])[2H])C1N(CC2)CC([2H])(CC(C)C)C(=O)C1([2H])[2H]. The Hall–Kier alpha value is -6.20. The lowest BCUT2D eigenvalue weighted by Gasteiger charge is -2.43. The van der Waals surface area contributed by atoms with E-state index in [0.29, 0.717) is 67.6 Å². The zero-order chi connectivity index (χ0) is 109. The lowest BCUT2D eigenvalue weighted by atomic mass is 9.79. The van der Waals surface area contributed by atoms with Crippen molar-refractivity contribution in [3.05, 3.63) is 92.9 Å². The summed E-state index contributed by atoms with van der Waals surface area (Å²) < 4.78 is 424. The lowest BCUT2D eigenvalue weighted by Crippen LogP contribution is -2.46. The molecule has 10 unspecified atom stereocenters. The number of hydrogen-bond acceptors (Lipinski definition) is 16. The van der Waals surface area contributed by atoms with Gasteiger partial charge in [-0.15, -0.1) is 0 Å². The standard InChI is InChI=1S/2C20H29NO3.2C19H27NO3/c2*1-5-13(2)8-15-12-21-7-6-14-9-19(23-3)20(24-4)10-16(14)17(21)11-18(15)22;2*1-12(2)7-14-11-20-6-5-13-8-18(22-3)19(23-4)9-15(13)16(20)10-17(14)21/h2*9-10,13,15,17H,5-8,11-12H2,1-4H3;2*8-9,12,14,16H,5-7,10-11H2,1-4H3/i2D3,3D3,5D2,6D2,7D2,8D2,11D2,12D2,13D,15D,17D;2D3,3D3,5D2,8D2,9D,10D,13D;3D3,8D,9D,10D2,14D;3D3,8D,9D. The summed E-state index contributed by atoms with van der Waals surface area (Å²) >= 11 is 0. The van der Waals surface area contributed by atoms with E-state index < -0.39 is 203 Å². The van der Waals surface area contributed by atoms with Gasteiger partial charge in [-0.05, 0) is 168 Å². The van der Waals surface area contributed by atoms with Crippen LogP contribution in [0.4, 0.5) is 0 Å². The van der Waals surface area contributed by atoms with Crippen molar-refractivity contribution in [2.75, 3.05) is 109 Å². The molecule has 8 heterocycles. The molecular weight excluding hydrogens is 1180 g/mol. The molecule has 8 aliphatic rings. The van der Waals surface area contributed by atoms with Gasteiger partial charge in [0.15, 0.2) is 46.0 Å². The zero-order valence-corrected chi connectivity index (χ0v) is 54.1. The number of methoxy groups -OCH3 is 8. The van der Waals surface area contributed by atoms with Crippen LogP contribution in [0.2, 0.25) is 0 Å². The Labute approximate surface area is 628 Å².